The molecule has 1 saturated carbocycles. The van der Waals surface area contributed by atoms with Gasteiger partial charge in [0.25, 0.3) is 0 Å². The molecule has 9 nitrogen and oxygen atoms in total. The first kappa shape index (κ1) is 22.0. The van der Waals surface area contributed by atoms with Gasteiger partial charge in [0.2, 0.25) is 5.43 Å². The Labute approximate surface area is 177 Å². The van der Waals surface area contributed by atoms with E-state index in [-0.39, 0.29) is 47.4 Å². The summed E-state index contributed by atoms with van der Waals surface area (Å²) in [7, 11) is 1.44. The molecule has 1 unspecified atom stereocenters. The van der Waals surface area contributed by atoms with Gasteiger partial charge >= 0.3 is 5.97 Å². The van der Waals surface area contributed by atoms with Gasteiger partial charge in [-0.3, -0.25) is 4.79 Å². The number of nitrogens with two attached hydrogens (primary N) is 1. The molecule has 0 radical (unpaired) electrons. The Balaban J connectivity index is 0.00000256. The van der Waals surface area contributed by atoms with Crippen LogP contribution >= 0.6 is 12.4 Å². The van der Waals surface area contributed by atoms with Crippen molar-refractivity contribution in [1.82, 2.24) is 9.55 Å². The Morgan fingerprint density at radius 3 is 2.77 bits per heavy atom. The molecule has 3 N–H and O–H groups in total. The van der Waals surface area contributed by atoms with Crippen LogP contribution in [0.2, 0.25) is 0 Å². The Morgan fingerprint density at radius 1 is 1.50 bits per heavy atom. The minimum atomic E-state index is -1.34. The second-order valence-corrected chi connectivity index (χ2v) is 7.82. The maximum absolute atomic E-state index is 15.0. The number of halogens is 2. The van der Waals surface area contributed by atoms with Crippen molar-refractivity contribution in [3.05, 3.63) is 33.9 Å². The lowest BCUT2D eigenvalue weighted by molar-refractivity contribution is 0.0695. The van der Waals surface area contributed by atoms with Gasteiger partial charge < -0.3 is 25.1 Å². The number of carboxylic acids is 1. The summed E-state index contributed by atoms with van der Waals surface area (Å²) in [5.41, 5.74) is 5.26. The van der Waals surface area contributed by atoms with Crippen molar-refractivity contribution in [2.75, 3.05) is 31.6 Å². The molecule has 2 aromatic rings. The molecule has 0 aromatic carbocycles. The van der Waals surface area contributed by atoms with E-state index in [0.717, 1.165) is 18.9 Å². The molecule has 3 heterocycles. The van der Waals surface area contributed by atoms with E-state index in [1.54, 1.807) is 9.47 Å². The highest BCUT2D eigenvalue weighted by molar-refractivity contribution is 5.97. The number of rotatable bonds is 5. The number of anilines is 1. The average Bonchev–Trinajstić information content (AvgIpc) is 3.47. The largest absolute Gasteiger partial charge is 0.477 e. The standard InChI is InChI=1S/C19H22FN5O4.ClH/c1-19(8-21)9-24(7-14(19)23-29-2)17-13(20)5-11-15(26)12(18(27)28)6-25(10-3-4-10)16(11)22-17;/h5-6,10H,3-4,7-9,21H2,1-2H3,(H,27,28);1H/b23-14+;. The van der Waals surface area contributed by atoms with Gasteiger partial charge in [0.05, 0.1) is 17.6 Å². The number of carboxylic acid groups (broad SMARTS) is 1. The van der Waals surface area contributed by atoms with Crippen LogP contribution in [0.4, 0.5) is 10.2 Å². The molecule has 2 aromatic heterocycles. The molecule has 4 rings (SSSR count). The van der Waals surface area contributed by atoms with Crippen LogP contribution in [0.15, 0.2) is 22.2 Å². The Bertz CT molecular complexity index is 1100. The molecular formula is C19H23ClFN5O4. The predicted octanol–water partition coefficient (Wildman–Crippen LogP) is 1.78. The Morgan fingerprint density at radius 2 is 2.20 bits per heavy atom. The lowest BCUT2D eigenvalue weighted by Gasteiger charge is -2.23. The van der Waals surface area contributed by atoms with Crippen molar-refractivity contribution < 1.29 is 19.1 Å². The summed E-state index contributed by atoms with van der Waals surface area (Å²) < 4.78 is 16.7. The van der Waals surface area contributed by atoms with E-state index < -0.39 is 22.6 Å². The van der Waals surface area contributed by atoms with Crippen LogP contribution in [0.1, 0.15) is 36.2 Å². The zero-order chi connectivity index (χ0) is 20.9. The van der Waals surface area contributed by atoms with E-state index in [9.17, 15) is 19.1 Å². The van der Waals surface area contributed by atoms with Crippen molar-refractivity contribution in [1.29, 1.82) is 0 Å². The molecule has 1 aliphatic carbocycles. The maximum atomic E-state index is 15.0. The molecule has 2 aliphatic rings. The lowest BCUT2D eigenvalue weighted by Crippen LogP contribution is -2.36. The zero-order valence-electron chi connectivity index (χ0n) is 16.6. The van der Waals surface area contributed by atoms with Crippen LogP contribution in [-0.4, -0.2) is 53.1 Å². The van der Waals surface area contributed by atoms with Gasteiger partial charge in [-0.1, -0.05) is 12.1 Å². The number of aromatic nitrogens is 2. The van der Waals surface area contributed by atoms with Gasteiger partial charge in [0.1, 0.15) is 18.3 Å². The SMILES string of the molecule is CO/N=C1\CN(c2nc3c(cc2F)c(=O)c(C(=O)O)cn3C2CC2)CC1(C)CN.Cl. The van der Waals surface area contributed by atoms with Gasteiger partial charge in [-0.25, -0.2) is 14.2 Å². The molecule has 162 valence electrons. The number of aromatic carboxylic acids is 1. The number of carbonyl (C=O) groups is 1. The number of hydrogen-bond acceptors (Lipinski definition) is 7. The van der Waals surface area contributed by atoms with Crippen molar-refractivity contribution in [3.63, 3.8) is 0 Å². The van der Waals surface area contributed by atoms with Gasteiger partial charge in [-0.2, -0.15) is 0 Å². The van der Waals surface area contributed by atoms with Crippen molar-refractivity contribution >= 4 is 40.9 Å². The topological polar surface area (TPSA) is 123 Å². The highest BCUT2D eigenvalue weighted by Crippen LogP contribution is 2.38. The second kappa shape index (κ2) is 7.84. The van der Waals surface area contributed by atoms with E-state index in [1.165, 1.54) is 13.3 Å². The summed E-state index contributed by atoms with van der Waals surface area (Å²) in [6, 6.07) is 1.14. The van der Waals surface area contributed by atoms with E-state index >= 15 is 0 Å². The van der Waals surface area contributed by atoms with Crippen LogP contribution < -0.4 is 16.1 Å². The fraction of sp³-hybridized carbons (Fsp3) is 0.474. The molecular weight excluding hydrogens is 417 g/mol. The van der Waals surface area contributed by atoms with Gasteiger partial charge in [-0.05, 0) is 18.9 Å². The second-order valence-electron chi connectivity index (χ2n) is 7.82. The van der Waals surface area contributed by atoms with Gasteiger partial charge in [-0.15, -0.1) is 12.4 Å². The minimum Gasteiger partial charge on any atom is -0.477 e. The molecule has 2 fully saturated rings. The van der Waals surface area contributed by atoms with E-state index in [1.807, 2.05) is 6.92 Å². The molecule has 11 heteroatoms. The lowest BCUT2D eigenvalue weighted by atomic mass is 9.88. The molecule has 0 amide bonds. The third-order valence-corrected chi connectivity index (χ3v) is 5.64. The number of fused-ring (bicyclic) bond motifs is 1. The van der Waals surface area contributed by atoms with Gasteiger partial charge in [0.15, 0.2) is 11.6 Å². The maximum Gasteiger partial charge on any atom is 0.341 e. The molecule has 0 bridgehead atoms. The van der Waals surface area contributed by atoms with Crippen LogP contribution in [0.3, 0.4) is 0 Å². The van der Waals surface area contributed by atoms with Crippen LogP contribution in [0.5, 0.6) is 0 Å². The molecule has 0 spiro atoms. The van der Waals surface area contributed by atoms with Crippen molar-refractivity contribution in [2.24, 2.45) is 16.3 Å². The first-order valence-corrected chi connectivity index (χ1v) is 9.33. The number of pyridine rings is 2. The van der Waals surface area contributed by atoms with E-state index in [2.05, 4.69) is 10.1 Å². The zero-order valence-corrected chi connectivity index (χ0v) is 17.4. The fourth-order valence-electron chi connectivity index (χ4n) is 3.76. The third-order valence-electron chi connectivity index (χ3n) is 5.64. The number of hydrogen-bond donors (Lipinski definition) is 2. The fourth-order valence-corrected chi connectivity index (χ4v) is 3.76. The molecule has 1 aliphatic heterocycles. The summed E-state index contributed by atoms with van der Waals surface area (Å²) in [6.07, 6.45) is 3.02. The van der Waals surface area contributed by atoms with Crippen LogP contribution in [0, 0.1) is 11.2 Å². The summed E-state index contributed by atoms with van der Waals surface area (Å²) >= 11 is 0. The monoisotopic (exact) mass is 439 g/mol. The smallest absolute Gasteiger partial charge is 0.341 e. The van der Waals surface area contributed by atoms with Crippen molar-refractivity contribution in [3.8, 4) is 0 Å². The highest BCUT2D eigenvalue weighted by atomic mass is 35.5. The van der Waals surface area contributed by atoms with Gasteiger partial charge in [0, 0.05) is 30.7 Å². The normalized spacial score (nSPS) is 22.4. The minimum absolute atomic E-state index is 0. The predicted molar refractivity (Wildman–Crippen MR) is 112 cm³/mol. The Hall–Kier alpha value is -2.72. The van der Waals surface area contributed by atoms with E-state index in [4.69, 9.17) is 10.6 Å². The number of nitrogens with zero attached hydrogens (tertiary/aromatic N) is 4. The average molecular weight is 440 g/mol. The summed E-state index contributed by atoms with van der Waals surface area (Å²) in [5.74, 6) is -1.96. The molecule has 1 atom stereocenters. The first-order valence-electron chi connectivity index (χ1n) is 9.33. The summed E-state index contributed by atoms with van der Waals surface area (Å²) in [6.45, 7) is 2.90. The van der Waals surface area contributed by atoms with Crippen molar-refractivity contribution in [2.45, 2.75) is 25.8 Å². The quantitative estimate of drug-likeness (QED) is 0.680. The van der Waals surface area contributed by atoms with Crippen LogP contribution in [-0.2, 0) is 4.84 Å². The Kier molecular flexibility index (Phi) is 5.74. The number of oxime groups is 1. The molecule has 30 heavy (non-hydrogen) atoms. The third kappa shape index (κ3) is 3.50. The first-order chi connectivity index (χ1) is 13.8. The van der Waals surface area contributed by atoms with Crippen LogP contribution in [0.25, 0.3) is 11.0 Å². The highest BCUT2D eigenvalue weighted by Gasteiger charge is 2.41. The summed E-state index contributed by atoms with van der Waals surface area (Å²) in [4.78, 5) is 35.1. The molecule has 1 saturated heterocycles. The van der Waals surface area contributed by atoms with E-state index in [0.29, 0.717) is 18.8 Å². The summed E-state index contributed by atoms with van der Waals surface area (Å²) in [5, 5.41) is 13.3.